The number of hydrogen-bond acceptors (Lipinski definition) is 3. The molecular formula is C17H21NO2. The van der Waals surface area contributed by atoms with Gasteiger partial charge in [-0.3, -0.25) is 14.5 Å². The number of carbonyl (C=O) groups is 2. The molecular weight excluding hydrogens is 250 g/mol. The van der Waals surface area contributed by atoms with Crippen LogP contribution in [0.3, 0.4) is 0 Å². The summed E-state index contributed by atoms with van der Waals surface area (Å²) >= 11 is 0. The van der Waals surface area contributed by atoms with Gasteiger partial charge in [0.05, 0.1) is 5.41 Å². The third kappa shape index (κ3) is 2.10. The van der Waals surface area contributed by atoms with Crippen LogP contribution < -0.4 is 0 Å². The Labute approximate surface area is 120 Å². The Morgan fingerprint density at radius 3 is 2.65 bits per heavy atom. The molecule has 0 unspecified atom stereocenters. The number of carbonyl (C=O) groups excluding carboxylic acids is 2. The Hall–Kier alpha value is -1.48. The minimum Gasteiger partial charge on any atom is -0.299 e. The van der Waals surface area contributed by atoms with Gasteiger partial charge in [-0.05, 0) is 18.4 Å². The first-order valence-corrected chi connectivity index (χ1v) is 7.34. The van der Waals surface area contributed by atoms with E-state index in [2.05, 4.69) is 17.0 Å². The molecule has 1 aliphatic heterocycles. The summed E-state index contributed by atoms with van der Waals surface area (Å²) in [5.41, 5.74) is 0.466. The summed E-state index contributed by atoms with van der Waals surface area (Å²) in [5, 5.41) is 0. The van der Waals surface area contributed by atoms with Crippen molar-refractivity contribution in [3.63, 3.8) is 0 Å². The van der Waals surface area contributed by atoms with Gasteiger partial charge in [0, 0.05) is 32.0 Å². The number of likely N-dealkylation sites (tertiary alicyclic amines) is 1. The smallest absolute Gasteiger partial charge is 0.152 e. The second-order valence-corrected chi connectivity index (χ2v) is 6.56. The third-order valence-corrected chi connectivity index (χ3v) is 4.93. The van der Waals surface area contributed by atoms with Crippen LogP contribution in [-0.4, -0.2) is 29.6 Å². The van der Waals surface area contributed by atoms with Crippen molar-refractivity contribution in [3.05, 3.63) is 35.9 Å². The zero-order valence-corrected chi connectivity index (χ0v) is 12.1. The van der Waals surface area contributed by atoms with Gasteiger partial charge in [0.25, 0.3) is 0 Å². The Morgan fingerprint density at radius 1 is 1.25 bits per heavy atom. The van der Waals surface area contributed by atoms with Crippen molar-refractivity contribution in [1.29, 1.82) is 0 Å². The third-order valence-electron chi connectivity index (χ3n) is 4.93. The van der Waals surface area contributed by atoms with Crippen LogP contribution in [0.4, 0.5) is 0 Å². The van der Waals surface area contributed by atoms with Crippen LogP contribution in [-0.2, 0) is 16.1 Å². The molecule has 0 aromatic heterocycles. The molecule has 2 bridgehead atoms. The highest BCUT2D eigenvalue weighted by Gasteiger charge is 2.54. The normalized spacial score (nSPS) is 34.3. The molecule has 1 heterocycles. The van der Waals surface area contributed by atoms with Gasteiger partial charge < -0.3 is 0 Å². The average Bonchev–Trinajstić information content (AvgIpc) is 2.42. The molecule has 3 heteroatoms. The number of benzene rings is 1. The Balaban J connectivity index is 1.83. The quantitative estimate of drug-likeness (QED) is 0.775. The molecule has 2 fully saturated rings. The standard InChI is InChI=1S/C17H21NO2/c1-12-8-15(19)17(2)11-18(10-14(12)16(17)20)9-13-6-4-3-5-7-13/h3-7,12,14H,8-11H2,1-2H3/t12-,14+,17-/m1/s1. The van der Waals surface area contributed by atoms with Crippen molar-refractivity contribution in [2.24, 2.45) is 17.3 Å². The largest absolute Gasteiger partial charge is 0.299 e. The molecule has 1 saturated carbocycles. The van der Waals surface area contributed by atoms with Gasteiger partial charge in [0.15, 0.2) is 5.78 Å². The maximum absolute atomic E-state index is 12.5. The summed E-state index contributed by atoms with van der Waals surface area (Å²) in [5.74, 6) is 0.506. The lowest BCUT2D eigenvalue weighted by Gasteiger charge is -2.47. The van der Waals surface area contributed by atoms with Gasteiger partial charge in [-0.25, -0.2) is 0 Å². The second kappa shape index (κ2) is 4.81. The molecule has 0 amide bonds. The lowest BCUT2D eigenvalue weighted by atomic mass is 9.62. The van der Waals surface area contributed by atoms with Gasteiger partial charge in [-0.1, -0.05) is 37.3 Å². The van der Waals surface area contributed by atoms with Gasteiger partial charge in [0.2, 0.25) is 0 Å². The Morgan fingerprint density at radius 2 is 1.95 bits per heavy atom. The van der Waals surface area contributed by atoms with E-state index in [4.69, 9.17) is 0 Å². The molecule has 3 nitrogen and oxygen atoms in total. The SMILES string of the molecule is C[C@@H]1CC(=O)[C@@]2(C)CN(Cc3ccccc3)C[C@@H]1C2=O. The first kappa shape index (κ1) is 13.5. The number of rotatable bonds is 2. The van der Waals surface area contributed by atoms with Crippen molar-refractivity contribution in [2.45, 2.75) is 26.8 Å². The number of nitrogens with zero attached hydrogens (tertiary/aromatic N) is 1. The number of piperidine rings is 1. The second-order valence-electron chi connectivity index (χ2n) is 6.56. The molecule has 2 aliphatic rings. The highest BCUT2D eigenvalue weighted by molar-refractivity contribution is 6.10. The van der Waals surface area contributed by atoms with E-state index in [0.717, 1.165) is 13.1 Å². The predicted octanol–water partition coefficient (Wildman–Crippen LogP) is 2.30. The maximum Gasteiger partial charge on any atom is 0.152 e. The van der Waals surface area contributed by atoms with Crippen LogP contribution in [0.15, 0.2) is 30.3 Å². The summed E-state index contributed by atoms with van der Waals surface area (Å²) in [7, 11) is 0. The molecule has 1 aromatic carbocycles. The van der Waals surface area contributed by atoms with Crippen LogP contribution in [0.1, 0.15) is 25.8 Å². The van der Waals surface area contributed by atoms with Gasteiger partial charge in [-0.2, -0.15) is 0 Å². The lowest BCUT2D eigenvalue weighted by molar-refractivity contribution is -0.156. The van der Waals surface area contributed by atoms with Gasteiger partial charge >= 0.3 is 0 Å². The zero-order valence-electron chi connectivity index (χ0n) is 12.1. The fourth-order valence-corrected chi connectivity index (χ4v) is 3.65. The molecule has 1 saturated heterocycles. The van der Waals surface area contributed by atoms with E-state index in [0.29, 0.717) is 13.0 Å². The first-order valence-electron chi connectivity index (χ1n) is 7.34. The average molecular weight is 271 g/mol. The van der Waals surface area contributed by atoms with Crippen molar-refractivity contribution < 1.29 is 9.59 Å². The van der Waals surface area contributed by atoms with Crippen LogP contribution >= 0.6 is 0 Å². The topological polar surface area (TPSA) is 37.4 Å². The summed E-state index contributed by atoms with van der Waals surface area (Å²) in [4.78, 5) is 27.1. The fraction of sp³-hybridized carbons (Fsp3) is 0.529. The van der Waals surface area contributed by atoms with Crippen LogP contribution in [0.2, 0.25) is 0 Å². The lowest BCUT2D eigenvalue weighted by Crippen LogP contribution is -2.60. The van der Waals surface area contributed by atoms with Crippen LogP contribution in [0.25, 0.3) is 0 Å². The number of fused-ring (bicyclic) bond motifs is 2. The van der Waals surface area contributed by atoms with Crippen LogP contribution in [0, 0.1) is 17.3 Å². The van der Waals surface area contributed by atoms with E-state index in [1.807, 2.05) is 32.0 Å². The highest BCUT2D eigenvalue weighted by Crippen LogP contribution is 2.41. The molecule has 3 rings (SSSR count). The minimum atomic E-state index is -0.774. The Bertz CT molecular complexity index is 539. The van der Waals surface area contributed by atoms with Crippen LogP contribution in [0.5, 0.6) is 0 Å². The molecule has 106 valence electrons. The summed E-state index contributed by atoms with van der Waals surface area (Å²) in [6.45, 7) is 6.06. The van der Waals surface area contributed by atoms with E-state index < -0.39 is 5.41 Å². The summed E-state index contributed by atoms with van der Waals surface area (Å²) in [6.07, 6.45) is 0.562. The fourth-order valence-electron chi connectivity index (χ4n) is 3.65. The highest BCUT2D eigenvalue weighted by atomic mass is 16.2. The molecule has 20 heavy (non-hydrogen) atoms. The van der Waals surface area contributed by atoms with E-state index in [1.54, 1.807) is 0 Å². The molecule has 0 N–H and O–H groups in total. The molecule has 0 radical (unpaired) electrons. The predicted molar refractivity (Wildman–Crippen MR) is 77.1 cm³/mol. The minimum absolute atomic E-state index is 0.0233. The first-order chi connectivity index (χ1) is 9.50. The molecule has 0 spiro atoms. The van der Waals surface area contributed by atoms with E-state index in [-0.39, 0.29) is 23.4 Å². The van der Waals surface area contributed by atoms with Crippen molar-refractivity contribution in [3.8, 4) is 0 Å². The van der Waals surface area contributed by atoms with Gasteiger partial charge in [0.1, 0.15) is 5.78 Å². The molecule has 1 aromatic rings. The monoisotopic (exact) mass is 271 g/mol. The number of hydrogen-bond donors (Lipinski definition) is 0. The Kier molecular flexibility index (Phi) is 3.25. The zero-order chi connectivity index (χ0) is 14.3. The summed E-state index contributed by atoms with van der Waals surface area (Å²) in [6, 6.07) is 10.3. The number of ketones is 2. The maximum atomic E-state index is 12.5. The van der Waals surface area contributed by atoms with E-state index in [9.17, 15) is 9.59 Å². The van der Waals surface area contributed by atoms with Crippen molar-refractivity contribution >= 4 is 11.6 Å². The van der Waals surface area contributed by atoms with Gasteiger partial charge in [-0.15, -0.1) is 0 Å². The molecule has 3 atom stereocenters. The van der Waals surface area contributed by atoms with Crippen molar-refractivity contribution in [2.75, 3.05) is 13.1 Å². The summed E-state index contributed by atoms with van der Waals surface area (Å²) < 4.78 is 0. The van der Waals surface area contributed by atoms with E-state index in [1.165, 1.54) is 5.56 Å². The molecule has 1 aliphatic carbocycles. The van der Waals surface area contributed by atoms with Crippen molar-refractivity contribution in [1.82, 2.24) is 4.90 Å². The van der Waals surface area contributed by atoms with E-state index >= 15 is 0 Å². The number of Topliss-reactive ketones (excluding diaryl/α,β-unsaturated/α-hetero) is 2.